The third-order valence-electron chi connectivity index (χ3n) is 5.04. The Bertz CT molecular complexity index is 226. The fourth-order valence-electron chi connectivity index (χ4n) is 2.37. The van der Waals surface area contributed by atoms with Crippen molar-refractivity contribution < 1.29 is 9.47 Å². The van der Waals surface area contributed by atoms with E-state index >= 15 is 0 Å². The summed E-state index contributed by atoms with van der Waals surface area (Å²) in [5.41, 5.74) is 0. The highest BCUT2D eigenvalue weighted by atomic mass is 16.5. The molecule has 0 aliphatic heterocycles. The quantitative estimate of drug-likeness (QED) is 0.630. The van der Waals surface area contributed by atoms with Crippen molar-refractivity contribution in [3.63, 3.8) is 0 Å². The zero-order valence-electron chi connectivity index (χ0n) is 14.5. The van der Waals surface area contributed by atoms with E-state index in [0.29, 0.717) is 35.9 Å². The molecule has 1 saturated carbocycles. The number of ether oxygens (including phenoxy) is 2. The van der Waals surface area contributed by atoms with Crippen molar-refractivity contribution in [2.45, 2.75) is 79.4 Å². The topological polar surface area (TPSA) is 18.5 Å². The molecule has 4 unspecified atom stereocenters. The van der Waals surface area contributed by atoms with Gasteiger partial charge in [0.2, 0.25) is 0 Å². The van der Waals surface area contributed by atoms with E-state index in [-0.39, 0.29) is 0 Å². The first-order valence-corrected chi connectivity index (χ1v) is 8.63. The zero-order valence-corrected chi connectivity index (χ0v) is 14.5. The van der Waals surface area contributed by atoms with E-state index in [1.807, 2.05) is 0 Å². The van der Waals surface area contributed by atoms with E-state index in [1.54, 1.807) is 0 Å². The molecule has 1 aliphatic rings. The minimum atomic E-state index is 0.421. The molecule has 0 N–H and O–H groups in total. The third kappa shape index (κ3) is 6.58. The molecule has 1 rings (SSSR count). The molecule has 0 aromatic carbocycles. The smallest absolute Gasteiger partial charge is 0.0600 e. The maximum atomic E-state index is 6.11. The second-order valence-electron chi connectivity index (χ2n) is 7.52. The van der Waals surface area contributed by atoms with Gasteiger partial charge in [0.25, 0.3) is 0 Å². The normalized spacial score (nSPS) is 27.0. The van der Waals surface area contributed by atoms with Gasteiger partial charge in [0, 0.05) is 13.2 Å². The van der Waals surface area contributed by atoms with Gasteiger partial charge in [-0.3, -0.25) is 0 Å². The number of rotatable bonds is 8. The van der Waals surface area contributed by atoms with Gasteiger partial charge < -0.3 is 9.47 Å². The maximum absolute atomic E-state index is 6.11. The molecule has 0 bridgehead atoms. The molecule has 4 atom stereocenters. The molecular formula is C18H36O2. The van der Waals surface area contributed by atoms with Gasteiger partial charge in [0.1, 0.15) is 0 Å². The summed E-state index contributed by atoms with van der Waals surface area (Å²) >= 11 is 0. The maximum Gasteiger partial charge on any atom is 0.0600 e. The molecular weight excluding hydrogens is 248 g/mol. The molecule has 0 spiro atoms. The molecule has 20 heavy (non-hydrogen) atoms. The minimum Gasteiger partial charge on any atom is -0.378 e. The number of hydrogen-bond donors (Lipinski definition) is 0. The molecule has 0 radical (unpaired) electrons. The van der Waals surface area contributed by atoms with E-state index in [2.05, 4.69) is 41.5 Å². The van der Waals surface area contributed by atoms with Gasteiger partial charge in [-0.1, -0.05) is 41.5 Å². The Morgan fingerprint density at radius 1 is 0.750 bits per heavy atom. The first kappa shape index (κ1) is 18.0. The molecule has 0 saturated heterocycles. The molecule has 120 valence electrons. The third-order valence-corrected chi connectivity index (χ3v) is 5.04. The Kier molecular flexibility index (Phi) is 8.13. The van der Waals surface area contributed by atoms with Gasteiger partial charge in [-0.25, -0.2) is 0 Å². The van der Waals surface area contributed by atoms with Crippen LogP contribution in [0, 0.1) is 23.7 Å². The minimum absolute atomic E-state index is 0.421. The van der Waals surface area contributed by atoms with Gasteiger partial charge in [0.15, 0.2) is 0 Å². The van der Waals surface area contributed by atoms with Crippen molar-refractivity contribution in [3.8, 4) is 0 Å². The van der Waals surface area contributed by atoms with E-state index in [9.17, 15) is 0 Å². The Labute approximate surface area is 126 Å². The lowest BCUT2D eigenvalue weighted by molar-refractivity contribution is -0.0629. The largest absolute Gasteiger partial charge is 0.378 e. The fraction of sp³-hybridized carbons (Fsp3) is 1.00. The van der Waals surface area contributed by atoms with Crippen LogP contribution in [0.1, 0.15) is 67.2 Å². The first-order chi connectivity index (χ1) is 9.40. The van der Waals surface area contributed by atoms with Crippen LogP contribution < -0.4 is 0 Å². The average molecular weight is 284 g/mol. The molecule has 0 amide bonds. The van der Waals surface area contributed by atoms with Gasteiger partial charge >= 0.3 is 0 Å². The van der Waals surface area contributed by atoms with Crippen LogP contribution in [0.15, 0.2) is 0 Å². The van der Waals surface area contributed by atoms with Gasteiger partial charge in [-0.15, -0.1) is 0 Å². The Hall–Kier alpha value is -0.0800. The summed E-state index contributed by atoms with van der Waals surface area (Å²) in [7, 11) is 0. The van der Waals surface area contributed by atoms with Crippen LogP contribution in [-0.2, 0) is 9.47 Å². The first-order valence-electron chi connectivity index (χ1n) is 8.63. The lowest BCUT2D eigenvalue weighted by Gasteiger charge is -2.31. The predicted octanol–water partition coefficient (Wildman–Crippen LogP) is 4.92. The van der Waals surface area contributed by atoms with Crippen molar-refractivity contribution in [2.24, 2.45) is 23.7 Å². The van der Waals surface area contributed by atoms with E-state index in [4.69, 9.17) is 9.47 Å². The molecule has 1 fully saturated rings. The summed E-state index contributed by atoms with van der Waals surface area (Å²) in [6.07, 6.45) is 5.61. The van der Waals surface area contributed by atoms with Gasteiger partial charge in [0.05, 0.1) is 12.2 Å². The summed E-state index contributed by atoms with van der Waals surface area (Å²) in [6, 6.07) is 0. The standard InChI is InChI=1S/C18H36O2/c1-13(2)15(5)11-19-17-8-7-9-18(10-17)20-12-16(6)14(3)4/h13-18H,7-12H2,1-6H3. The molecule has 2 nitrogen and oxygen atoms in total. The van der Waals surface area contributed by atoms with E-state index < -0.39 is 0 Å². The highest BCUT2D eigenvalue weighted by Crippen LogP contribution is 2.25. The fourth-order valence-corrected chi connectivity index (χ4v) is 2.37. The highest BCUT2D eigenvalue weighted by molar-refractivity contribution is 4.75. The Morgan fingerprint density at radius 2 is 1.15 bits per heavy atom. The van der Waals surface area contributed by atoms with Crippen molar-refractivity contribution in [1.29, 1.82) is 0 Å². The predicted molar refractivity (Wildman–Crippen MR) is 86.0 cm³/mol. The monoisotopic (exact) mass is 284 g/mol. The SMILES string of the molecule is CC(C)C(C)COC1CCCC(OCC(C)C(C)C)C1. The van der Waals surface area contributed by atoms with Crippen LogP contribution >= 0.6 is 0 Å². The highest BCUT2D eigenvalue weighted by Gasteiger charge is 2.24. The summed E-state index contributed by atoms with van der Waals surface area (Å²) in [5.74, 6) is 2.71. The lowest BCUT2D eigenvalue weighted by atomic mass is 9.93. The van der Waals surface area contributed by atoms with E-state index in [1.165, 1.54) is 19.3 Å². The average Bonchev–Trinajstić information content (AvgIpc) is 2.42. The summed E-state index contributed by atoms with van der Waals surface area (Å²) in [4.78, 5) is 0. The second-order valence-corrected chi connectivity index (χ2v) is 7.52. The Balaban J connectivity index is 2.24. The van der Waals surface area contributed by atoms with Gasteiger partial charge in [-0.05, 0) is 49.4 Å². The molecule has 0 aromatic rings. The second kappa shape index (κ2) is 9.04. The van der Waals surface area contributed by atoms with Crippen molar-refractivity contribution >= 4 is 0 Å². The molecule has 0 heterocycles. The van der Waals surface area contributed by atoms with Crippen LogP contribution in [0.2, 0.25) is 0 Å². The zero-order chi connectivity index (χ0) is 15.1. The Morgan fingerprint density at radius 3 is 1.50 bits per heavy atom. The summed E-state index contributed by atoms with van der Waals surface area (Å²) < 4.78 is 12.2. The number of hydrogen-bond acceptors (Lipinski definition) is 2. The van der Waals surface area contributed by atoms with E-state index in [0.717, 1.165) is 19.6 Å². The van der Waals surface area contributed by atoms with Crippen LogP contribution in [0.5, 0.6) is 0 Å². The van der Waals surface area contributed by atoms with Crippen molar-refractivity contribution in [1.82, 2.24) is 0 Å². The van der Waals surface area contributed by atoms with Crippen LogP contribution in [0.3, 0.4) is 0 Å². The molecule has 0 aromatic heterocycles. The van der Waals surface area contributed by atoms with Crippen molar-refractivity contribution in [3.05, 3.63) is 0 Å². The molecule has 1 aliphatic carbocycles. The van der Waals surface area contributed by atoms with Crippen molar-refractivity contribution in [2.75, 3.05) is 13.2 Å². The van der Waals surface area contributed by atoms with Crippen LogP contribution in [0.25, 0.3) is 0 Å². The molecule has 2 heteroatoms. The van der Waals surface area contributed by atoms with Gasteiger partial charge in [-0.2, -0.15) is 0 Å². The summed E-state index contributed by atoms with van der Waals surface area (Å²) in [6.45, 7) is 15.5. The lowest BCUT2D eigenvalue weighted by Crippen LogP contribution is -2.31. The van der Waals surface area contributed by atoms with Crippen LogP contribution in [0.4, 0.5) is 0 Å². The van der Waals surface area contributed by atoms with Crippen LogP contribution in [-0.4, -0.2) is 25.4 Å². The summed E-state index contributed by atoms with van der Waals surface area (Å²) in [5, 5.41) is 0.